The topological polar surface area (TPSA) is 7.60 Å². The van der Waals surface area contributed by atoms with Gasteiger partial charge < -0.3 is 4.90 Å². The second-order valence-corrected chi connectivity index (χ2v) is 19.4. The summed E-state index contributed by atoms with van der Waals surface area (Å²) in [5, 5.41) is 23.3. The summed E-state index contributed by atoms with van der Waals surface area (Å²) in [4.78, 5) is 6.11. The standard InChI is InChI=1S/C65H42N2/c1-65(2,3)41-24-28-43(29-25-41)67(44-30-26-42(66-4)27-31-44)54-37-36-51-58-49(54)22-13-23-50(58)61-56(39-14-7-5-8-15-39)63-52-34-32-47-45-20-11-18-38-19-12-21-46(55(38)45)48-33-35-53(60(52)59(47)48)64(63)57(62(51)61)40-16-9-6-10-17-40/h5-37H,1-3H3. The quantitative estimate of drug-likeness (QED) is 0.0951. The van der Waals surface area contributed by atoms with Gasteiger partial charge >= 0.3 is 0 Å². The third-order valence-electron chi connectivity index (χ3n) is 14.8. The third-order valence-corrected chi connectivity index (χ3v) is 14.8. The molecule has 0 heterocycles. The highest BCUT2D eigenvalue weighted by atomic mass is 15.1. The second-order valence-electron chi connectivity index (χ2n) is 19.4. The highest BCUT2D eigenvalue weighted by molar-refractivity contribution is 6.49. The monoisotopic (exact) mass is 850 g/mol. The lowest BCUT2D eigenvalue weighted by Gasteiger charge is -2.28. The molecule has 0 spiro atoms. The molecule has 0 radical (unpaired) electrons. The first-order chi connectivity index (χ1) is 32.9. The first-order valence-electron chi connectivity index (χ1n) is 23.3. The number of nitrogens with zero attached hydrogens (tertiary/aromatic N) is 2. The summed E-state index contributed by atoms with van der Waals surface area (Å²) in [7, 11) is 0. The van der Waals surface area contributed by atoms with Gasteiger partial charge in [0, 0.05) is 16.8 Å². The van der Waals surface area contributed by atoms with Crippen molar-refractivity contribution in [1.29, 1.82) is 0 Å². The van der Waals surface area contributed by atoms with Gasteiger partial charge in [0.25, 0.3) is 0 Å². The van der Waals surface area contributed by atoms with Gasteiger partial charge in [-0.1, -0.05) is 191 Å². The van der Waals surface area contributed by atoms with E-state index in [1.165, 1.54) is 125 Å². The molecule has 14 aromatic carbocycles. The minimum Gasteiger partial charge on any atom is -0.310 e. The molecule has 2 nitrogen and oxygen atoms in total. The molecule has 0 atom stereocenters. The molecule has 0 saturated heterocycles. The molecule has 0 unspecified atom stereocenters. The van der Waals surface area contributed by atoms with Gasteiger partial charge in [-0.3, -0.25) is 0 Å². The van der Waals surface area contributed by atoms with E-state index in [4.69, 9.17) is 6.57 Å². The van der Waals surface area contributed by atoms with E-state index in [2.05, 4.69) is 219 Å². The Morgan fingerprint density at radius 3 is 1.30 bits per heavy atom. The Kier molecular flexibility index (Phi) is 7.77. The van der Waals surface area contributed by atoms with E-state index < -0.39 is 0 Å². The third kappa shape index (κ3) is 5.20. The van der Waals surface area contributed by atoms with E-state index in [1.807, 2.05) is 12.1 Å². The molecule has 0 saturated carbocycles. The Balaban J connectivity index is 1.17. The van der Waals surface area contributed by atoms with Crippen LogP contribution in [-0.2, 0) is 5.41 Å². The molecule has 0 fully saturated rings. The van der Waals surface area contributed by atoms with Crippen LogP contribution in [0.5, 0.6) is 0 Å². The second kappa shape index (κ2) is 13.8. The number of fused-ring (bicyclic) bond motifs is 8. The van der Waals surface area contributed by atoms with Gasteiger partial charge in [0.2, 0.25) is 0 Å². The predicted molar refractivity (Wildman–Crippen MR) is 288 cm³/mol. The summed E-state index contributed by atoms with van der Waals surface area (Å²) in [5.74, 6) is 0. The van der Waals surface area contributed by atoms with Crippen molar-refractivity contribution < 1.29 is 0 Å². The van der Waals surface area contributed by atoms with E-state index in [0.29, 0.717) is 5.69 Å². The number of benzene rings is 12. The van der Waals surface area contributed by atoms with Gasteiger partial charge in [-0.2, -0.15) is 0 Å². The van der Waals surface area contributed by atoms with Crippen molar-refractivity contribution in [3.8, 4) is 22.3 Å². The first-order valence-corrected chi connectivity index (χ1v) is 23.3. The molecule has 0 bridgehead atoms. The van der Waals surface area contributed by atoms with E-state index in [9.17, 15) is 0 Å². The van der Waals surface area contributed by atoms with Crippen molar-refractivity contribution in [3.05, 3.63) is 217 Å². The fourth-order valence-electron chi connectivity index (χ4n) is 12.0. The molecule has 0 aliphatic heterocycles. The van der Waals surface area contributed by atoms with Crippen LogP contribution >= 0.6 is 0 Å². The predicted octanol–water partition coefficient (Wildman–Crippen LogP) is 19.0. The Bertz CT molecular complexity index is 4150. The number of anilines is 3. The van der Waals surface area contributed by atoms with E-state index >= 15 is 0 Å². The number of rotatable bonds is 5. The Labute approximate surface area is 388 Å². The SMILES string of the molecule is [C-]#[N+]c1ccc(N(c2ccc(C(C)(C)C)cc2)c2ccc3c4c(-c5ccccc5)c5c6ccc7c8cccc9cccc(c%10ccc(c5c(-c5ccccc5)c4c4cccc2c43)c6c%107)c98)cc1. The van der Waals surface area contributed by atoms with Crippen LogP contribution in [0.3, 0.4) is 0 Å². The van der Waals surface area contributed by atoms with E-state index in [-0.39, 0.29) is 5.41 Å². The Morgan fingerprint density at radius 2 is 0.761 bits per heavy atom. The van der Waals surface area contributed by atoms with Crippen molar-refractivity contribution in [2.24, 2.45) is 0 Å². The van der Waals surface area contributed by atoms with Gasteiger partial charge in [0.1, 0.15) is 0 Å². The molecule has 0 N–H and O–H groups in total. The number of hydrogen-bond acceptors (Lipinski definition) is 1. The summed E-state index contributed by atoms with van der Waals surface area (Å²) >= 11 is 0. The minimum atomic E-state index is 0.0216. The van der Waals surface area contributed by atoms with Crippen LogP contribution in [-0.4, -0.2) is 0 Å². The summed E-state index contributed by atoms with van der Waals surface area (Å²) in [6.07, 6.45) is 0. The lowest BCUT2D eigenvalue weighted by Crippen LogP contribution is -2.13. The normalized spacial score (nSPS) is 12.4. The minimum absolute atomic E-state index is 0.0216. The largest absolute Gasteiger partial charge is 0.310 e. The van der Waals surface area contributed by atoms with Crippen LogP contribution in [0.2, 0.25) is 0 Å². The van der Waals surface area contributed by atoms with Gasteiger partial charge in [0.15, 0.2) is 5.69 Å². The molecular weight excluding hydrogens is 809 g/mol. The van der Waals surface area contributed by atoms with Crippen LogP contribution in [0.4, 0.5) is 22.7 Å². The van der Waals surface area contributed by atoms with Crippen LogP contribution in [0.1, 0.15) is 26.3 Å². The number of hydrogen-bond donors (Lipinski definition) is 0. The van der Waals surface area contributed by atoms with Crippen molar-refractivity contribution >= 4 is 120 Å². The molecule has 0 aliphatic carbocycles. The molecule has 2 heteroatoms. The van der Waals surface area contributed by atoms with E-state index in [0.717, 1.165) is 17.1 Å². The average molecular weight is 851 g/mol. The van der Waals surface area contributed by atoms with Crippen LogP contribution in [0, 0.1) is 6.57 Å². The van der Waals surface area contributed by atoms with Crippen molar-refractivity contribution in [1.82, 2.24) is 0 Å². The molecule has 67 heavy (non-hydrogen) atoms. The van der Waals surface area contributed by atoms with Gasteiger partial charge in [-0.05, 0) is 155 Å². The zero-order valence-electron chi connectivity index (χ0n) is 37.4. The molecule has 14 rings (SSSR count). The fourth-order valence-corrected chi connectivity index (χ4v) is 12.0. The maximum atomic E-state index is 7.73. The zero-order chi connectivity index (χ0) is 44.7. The Morgan fingerprint density at radius 1 is 0.343 bits per heavy atom. The first kappa shape index (κ1) is 37.8. The average Bonchev–Trinajstić information content (AvgIpc) is 3.89. The van der Waals surface area contributed by atoms with E-state index in [1.54, 1.807) is 0 Å². The maximum Gasteiger partial charge on any atom is 0.187 e. The molecule has 312 valence electrons. The molecular formula is C65H42N2. The smallest absolute Gasteiger partial charge is 0.187 e. The highest BCUT2D eigenvalue weighted by Gasteiger charge is 2.30. The zero-order valence-corrected chi connectivity index (χ0v) is 37.4. The summed E-state index contributed by atoms with van der Waals surface area (Å²) in [6, 6.07) is 74.2. The van der Waals surface area contributed by atoms with Gasteiger partial charge in [-0.25, -0.2) is 4.85 Å². The molecule has 0 amide bonds. The highest BCUT2D eigenvalue weighted by Crippen LogP contribution is 2.58. The van der Waals surface area contributed by atoms with Crippen molar-refractivity contribution in [3.63, 3.8) is 0 Å². The lowest BCUT2D eigenvalue weighted by atomic mass is 9.87. The van der Waals surface area contributed by atoms with Gasteiger partial charge in [0.05, 0.1) is 12.3 Å². The summed E-state index contributed by atoms with van der Waals surface area (Å²) < 4.78 is 0. The van der Waals surface area contributed by atoms with Crippen LogP contribution in [0.15, 0.2) is 200 Å². The van der Waals surface area contributed by atoms with Gasteiger partial charge in [-0.15, -0.1) is 0 Å². The van der Waals surface area contributed by atoms with Crippen LogP contribution in [0.25, 0.3) is 124 Å². The van der Waals surface area contributed by atoms with Crippen molar-refractivity contribution in [2.75, 3.05) is 4.90 Å². The Hall–Kier alpha value is -8.51. The lowest BCUT2D eigenvalue weighted by molar-refractivity contribution is 0.590. The fraction of sp³-hybridized carbons (Fsp3) is 0.0615. The maximum absolute atomic E-state index is 7.73. The van der Waals surface area contributed by atoms with Crippen molar-refractivity contribution in [2.45, 2.75) is 26.2 Å². The van der Waals surface area contributed by atoms with Crippen LogP contribution < -0.4 is 4.90 Å². The molecule has 0 aromatic heterocycles. The summed E-state index contributed by atoms with van der Waals surface area (Å²) in [6.45, 7) is 14.5. The molecule has 14 aromatic rings. The molecule has 0 aliphatic rings. The summed E-state index contributed by atoms with van der Waals surface area (Å²) in [5.41, 5.74) is 10.1.